The molecule has 0 N–H and O–H groups in total. The topological polar surface area (TPSA) is 39.5 Å². The minimum absolute atomic E-state index is 0.473. The van der Waals surface area contributed by atoms with Crippen LogP contribution in [-0.2, 0) is 4.74 Å². The summed E-state index contributed by atoms with van der Waals surface area (Å²) in [6.45, 7) is 6.19. The number of ether oxygens (including phenoxy) is 1. The van der Waals surface area contributed by atoms with Crippen molar-refractivity contribution in [1.82, 2.24) is 4.90 Å². The molecule has 0 saturated carbocycles. The maximum atomic E-state index is 8.42. The summed E-state index contributed by atoms with van der Waals surface area (Å²) >= 11 is 6.22. The lowest BCUT2D eigenvalue weighted by atomic mass is 10.2. The molecule has 4 nitrogen and oxygen atoms in total. The van der Waals surface area contributed by atoms with E-state index in [1.807, 2.05) is 18.2 Å². The highest BCUT2D eigenvalue weighted by atomic mass is 35.5. The first-order valence-corrected chi connectivity index (χ1v) is 7.35. The summed E-state index contributed by atoms with van der Waals surface area (Å²) in [6.07, 6.45) is 0.473. The SMILES string of the molecule is N#CCCOCCN1CCN(c2ccccc2Cl)CC1. The Labute approximate surface area is 125 Å². The molecular weight excluding hydrogens is 274 g/mol. The molecule has 1 aliphatic rings. The Bertz CT molecular complexity index is 453. The predicted octanol–water partition coefficient (Wildman–Crippen LogP) is 2.39. The van der Waals surface area contributed by atoms with Crippen LogP contribution in [0.2, 0.25) is 5.02 Å². The molecule has 0 aromatic heterocycles. The van der Waals surface area contributed by atoms with Crippen molar-refractivity contribution < 1.29 is 4.74 Å². The van der Waals surface area contributed by atoms with E-state index in [0.29, 0.717) is 19.6 Å². The average molecular weight is 294 g/mol. The van der Waals surface area contributed by atoms with Crippen molar-refractivity contribution in [2.24, 2.45) is 0 Å². The minimum Gasteiger partial charge on any atom is -0.379 e. The monoisotopic (exact) mass is 293 g/mol. The normalized spacial score (nSPS) is 16.1. The van der Waals surface area contributed by atoms with E-state index in [-0.39, 0.29) is 0 Å². The molecule has 1 aromatic rings. The highest BCUT2D eigenvalue weighted by molar-refractivity contribution is 6.33. The van der Waals surface area contributed by atoms with Crippen LogP contribution in [0, 0.1) is 11.3 Å². The second-order valence-corrected chi connectivity index (χ2v) is 5.21. The fourth-order valence-corrected chi connectivity index (χ4v) is 2.59. The Morgan fingerprint density at radius 2 is 1.90 bits per heavy atom. The van der Waals surface area contributed by atoms with E-state index in [9.17, 15) is 0 Å². The molecule has 108 valence electrons. The first-order valence-electron chi connectivity index (χ1n) is 6.98. The summed E-state index contributed by atoms with van der Waals surface area (Å²) in [5, 5.41) is 9.24. The minimum atomic E-state index is 0.473. The first-order chi connectivity index (χ1) is 9.81. The lowest BCUT2D eigenvalue weighted by molar-refractivity contribution is 0.105. The number of rotatable bonds is 6. The van der Waals surface area contributed by atoms with Gasteiger partial charge in [0.2, 0.25) is 0 Å². The fraction of sp³-hybridized carbons (Fsp3) is 0.533. The Hall–Kier alpha value is -1.28. The first kappa shape index (κ1) is 15.1. The molecule has 1 fully saturated rings. The number of hydrogen-bond acceptors (Lipinski definition) is 4. The quantitative estimate of drug-likeness (QED) is 0.755. The van der Waals surface area contributed by atoms with Gasteiger partial charge in [-0.25, -0.2) is 0 Å². The molecule has 0 amide bonds. The van der Waals surface area contributed by atoms with Gasteiger partial charge in [0.25, 0.3) is 0 Å². The second-order valence-electron chi connectivity index (χ2n) is 4.80. The number of piperazine rings is 1. The number of anilines is 1. The number of para-hydroxylation sites is 1. The van der Waals surface area contributed by atoms with Crippen LogP contribution in [0.3, 0.4) is 0 Å². The lowest BCUT2D eigenvalue weighted by Crippen LogP contribution is -2.47. The predicted molar refractivity (Wildman–Crippen MR) is 81.2 cm³/mol. The van der Waals surface area contributed by atoms with Gasteiger partial charge in [0.1, 0.15) is 0 Å². The summed E-state index contributed by atoms with van der Waals surface area (Å²) in [6, 6.07) is 10.1. The third-order valence-corrected chi connectivity index (χ3v) is 3.80. The molecule has 0 atom stereocenters. The average Bonchev–Trinajstić information content (AvgIpc) is 2.48. The van der Waals surface area contributed by atoms with E-state index in [0.717, 1.165) is 43.4 Å². The molecule has 5 heteroatoms. The molecule has 1 saturated heterocycles. The van der Waals surface area contributed by atoms with Crippen LogP contribution >= 0.6 is 11.6 Å². The van der Waals surface area contributed by atoms with Gasteiger partial charge < -0.3 is 9.64 Å². The Morgan fingerprint density at radius 1 is 1.15 bits per heavy atom. The van der Waals surface area contributed by atoms with Crippen molar-refractivity contribution >= 4 is 17.3 Å². The largest absolute Gasteiger partial charge is 0.379 e. The summed E-state index contributed by atoms with van der Waals surface area (Å²) in [5.41, 5.74) is 1.12. The van der Waals surface area contributed by atoms with Crippen LogP contribution in [0.4, 0.5) is 5.69 Å². The molecule has 1 aromatic carbocycles. The Morgan fingerprint density at radius 3 is 2.60 bits per heavy atom. The van der Waals surface area contributed by atoms with Gasteiger partial charge >= 0.3 is 0 Å². The van der Waals surface area contributed by atoms with Crippen molar-refractivity contribution in [1.29, 1.82) is 5.26 Å². The summed E-state index contributed by atoms with van der Waals surface area (Å²) < 4.78 is 5.41. The number of nitrogens with zero attached hydrogens (tertiary/aromatic N) is 3. The number of hydrogen-bond donors (Lipinski definition) is 0. The van der Waals surface area contributed by atoms with Gasteiger partial charge in [0, 0.05) is 32.7 Å². The highest BCUT2D eigenvalue weighted by Crippen LogP contribution is 2.25. The molecule has 1 aliphatic heterocycles. The van der Waals surface area contributed by atoms with Crippen LogP contribution in [0.1, 0.15) is 6.42 Å². The van der Waals surface area contributed by atoms with Crippen molar-refractivity contribution in [3.63, 3.8) is 0 Å². The van der Waals surface area contributed by atoms with E-state index in [4.69, 9.17) is 21.6 Å². The van der Waals surface area contributed by atoms with Gasteiger partial charge in [0.15, 0.2) is 0 Å². The third kappa shape index (κ3) is 4.38. The second kappa shape index (κ2) is 8.11. The highest BCUT2D eigenvalue weighted by Gasteiger charge is 2.18. The fourth-order valence-electron chi connectivity index (χ4n) is 2.33. The molecular formula is C15H20ClN3O. The van der Waals surface area contributed by atoms with Crippen molar-refractivity contribution in [3.05, 3.63) is 29.3 Å². The molecule has 1 heterocycles. The van der Waals surface area contributed by atoms with E-state index >= 15 is 0 Å². The molecule has 0 spiro atoms. The molecule has 0 unspecified atom stereocenters. The molecule has 0 bridgehead atoms. The van der Waals surface area contributed by atoms with E-state index in [2.05, 4.69) is 21.9 Å². The lowest BCUT2D eigenvalue weighted by Gasteiger charge is -2.36. The van der Waals surface area contributed by atoms with Crippen molar-refractivity contribution in [3.8, 4) is 6.07 Å². The summed E-state index contributed by atoms with van der Waals surface area (Å²) in [4.78, 5) is 4.72. The summed E-state index contributed by atoms with van der Waals surface area (Å²) in [7, 11) is 0. The molecule has 20 heavy (non-hydrogen) atoms. The molecule has 2 rings (SSSR count). The van der Waals surface area contributed by atoms with Gasteiger partial charge in [-0.3, -0.25) is 4.90 Å². The van der Waals surface area contributed by atoms with Gasteiger partial charge in [-0.2, -0.15) is 5.26 Å². The molecule has 0 aliphatic carbocycles. The van der Waals surface area contributed by atoms with Crippen LogP contribution in [0.25, 0.3) is 0 Å². The van der Waals surface area contributed by atoms with Crippen LogP contribution in [0.15, 0.2) is 24.3 Å². The standard InChI is InChI=1S/C15H20ClN3O/c16-14-4-1-2-5-15(14)19-9-7-18(8-10-19)11-13-20-12-3-6-17/h1-2,4-5H,3,7-13H2. The maximum absolute atomic E-state index is 8.42. The van der Waals surface area contributed by atoms with Gasteiger partial charge in [-0.1, -0.05) is 23.7 Å². The van der Waals surface area contributed by atoms with Crippen LogP contribution in [0.5, 0.6) is 0 Å². The number of nitriles is 1. The van der Waals surface area contributed by atoms with Gasteiger partial charge in [0.05, 0.1) is 36.4 Å². The van der Waals surface area contributed by atoms with Crippen molar-refractivity contribution in [2.75, 3.05) is 50.8 Å². The number of benzene rings is 1. The van der Waals surface area contributed by atoms with Gasteiger partial charge in [-0.05, 0) is 12.1 Å². The maximum Gasteiger partial charge on any atom is 0.0645 e. The van der Waals surface area contributed by atoms with Crippen LogP contribution in [-0.4, -0.2) is 50.8 Å². The Kier molecular flexibility index (Phi) is 6.13. The van der Waals surface area contributed by atoms with E-state index < -0.39 is 0 Å². The zero-order chi connectivity index (χ0) is 14.2. The zero-order valence-corrected chi connectivity index (χ0v) is 12.4. The van der Waals surface area contributed by atoms with Crippen molar-refractivity contribution in [2.45, 2.75) is 6.42 Å². The van der Waals surface area contributed by atoms with E-state index in [1.54, 1.807) is 0 Å². The third-order valence-electron chi connectivity index (χ3n) is 3.48. The van der Waals surface area contributed by atoms with Gasteiger partial charge in [-0.15, -0.1) is 0 Å². The number of halogens is 1. The zero-order valence-electron chi connectivity index (χ0n) is 11.6. The molecule has 0 radical (unpaired) electrons. The summed E-state index contributed by atoms with van der Waals surface area (Å²) in [5.74, 6) is 0. The van der Waals surface area contributed by atoms with Crippen LogP contribution < -0.4 is 4.90 Å². The van der Waals surface area contributed by atoms with E-state index in [1.165, 1.54) is 0 Å². The Balaban J connectivity index is 1.70. The smallest absolute Gasteiger partial charge is 0.0645 e.